The van der Waals surface area contributed by atoms with Crippen molar-refractivity contribution >= 4 is 64.7 Å². The van der Waals surface area contributed by atoms with E-state index in [1.165, 1.54) is 0 Å². The smallest absolute Gasteiger partial charge is 0.191 e. The molecule has 26 heavy (non-hydrogen) atoms. The molecule has 1 heterocycles. The van der Waals surface area contributed by atoms with E-state index in [1.807, 2.05) is 18.2 Å². The summed E-state index contributed by atoms with van der Waals surface area (Å²) in [6.07, 6.45) is 2.60. The number of nitrogens with zero attached hydrogens (tertiary/aromatic N) is 2. The molecular formula is C17H20Cl3IN4O. The summed E-state index contributed by atoms with van der Waals surface area (Å²) in [5.41, 5.74) is 1.03. The Morgan fingerprint density at radius 1 is 1.12 bits per heavy atom. The van der Waals surface area contributed by atoms with Crippen LogP contribution in [-0.4, -0.2) is 37.7 Å². The number of ether oxygens (including phenoxy) is 1. The second-order valence-electron chi connectivity index (χ2n) is 5.04. The van der Waals surface area contributed by atoms with Crippen LogP contribution in [0.1, 0.15) is 5.69 Å². The van der Waals surface area contributed by atoms with Gasteiger partial charge in [-0.25, -0.2) is 0 Å². The number of hydrogen-bond donors (Lipinski definition) is 2. The molecule has 5 nitrogen and oxygen atoms in total. The van der Waals surface area contributed by atoms with Gasteiger partial charge in [-0.1, -0.05) is 40.9 Å². The summed E-state index contributed by atoms with van der Waals surface area (Å²) in [4.78, 5) is 8.44. The first-order chi connectivity index (χ1) is 12.1. The third-order valence-electron chi connectivity index (χ3n) is 3.23. The van der Waals surface area contributed by atoms with Crippen molar-refractivity contribution in [3.05, 3.63) is 57.3 Å². The number of guanidine groups is 1. The van der Waals surface area contributed by atoms with Crippen molar-refractivity contribution < 1.29 is 4.74 Å². The van der Waals surface area contributed by atoms with Crippen LogP contribution in [0.25, 0.3) is 0 Å². The topological polar surface area (TPSA) is 58.5 Å². The molecule has 1 aromatic heterocycles. The van der Waals surface area contributed by atoms with Crippen molar-refractivity contribution in [3.63, 3.8) is 0 Å². The van der Waals surface area contributed by atoms with Gasteiger partial charge < -0.3 is 15.4 Å². The summed E-state index contributed by atoms with van der Waals surface area (Å²) < 4.78 is 5.61. The van der Waals surface area contributed by atoms with E-state index >= 15 is 0 Å². The van der Waals surface area contributed by atoms with E-state index in [9.17, 15) is 0 Å². The minimum Gasteiger partial charge on any atom is -0.489 e. The van der Waals surface area contributed by atoms with Crippen LogP contribution in [0.3, 0.4) is 0 Å². The monoisotopic (exact) mass is 528 g/mol. The molecule has 0 bridgehead atoms. The Hall–Kier alpha value is -0.960. The van der Waals surface area contributed by atoms with Gasteiger partial charge in [-0.3, -0.25) is 9.98 Å². The molecule has 0 saturated carbocycles. The summed E-state index contributed by atoms with van der Waals surface area (Å²) >= 11 is 18.0. The van der Waals surface area contributed by atoms with Crippen molar-refractivity contribution in [2.24, 2.45) is 4.99 Å². The molecule has 0 spiro atoms. The standard InChI is InChI=1S/C17H19Cl3N4O.HI/c1-21-17(23-7-5-13-4-2-3-6-22-13)24-8-9-25-16-14(19)10-12(18)11-15(16)20;/h2-4,6,10-11H,5,7-9H2,1H3,(H2,21,23,24);1H. The van der Waals surface area contributed by atoms with E-state index in [1.54, 1.807) is 25.4 Å². The zero-order chi connectivity index (χ0) is 18.1. The summed E-state index contributed by atoms with van der Waals surface area (Å²) in [6.45, 7) is 1.65. The van der Waals surface area contributed by atoms with Crippen LogP contribution in [0, 0.1) is 0 Å². The van der Waals surface area contributed by atoms with Crippen LogP contribution in [0.4, 0.5) is 0 Å². The number of nitrogens with one attached hydrogen (secondary N) is 2. The van der Waals surface area contributed by atoms with Crippen LogP contribution in [0.2, 0.25) is 15.1 Å². The van der Waals surface area contributed by atoms with Gasteiger partial charge in [0.25, 0.3) is 0 Å². The minimum absolute atomic E-state index is 0. The van der Waals surface area contributed by atoms with Gasteiger partial charge in [-0.2, -0.15) is 0 Å². The molecular weight excluding hydrogens is 509 g/mol. The van der Waals surface area contributed by atoms with Gasteiger partial charge in [-0.15, -0.1) is 24.0 Å². The van der Waals surface area contributed by atoms with E-state index in [4.69, 9.17) is 39.5 Å². The first-order valence-corrected chi connectivity index (χ1v) is 8.85. The maximum Gasteiger partial charge on any atom is 0.191 e. The van der Waals surface area contributed by atoms with Crippen molar-refractivity contribution in [2.75, 3.05) is 26.7 Å². The molecule has 0 fully saturated rings. The molecule has 0 radical (unpaired) electrons. The minimum atomic E-state index is 0. The van der Waals surface area contributed by atoms with E-state index in [2.05, 4.69) is 20.6 Å². The highest BCUT2D eigenvalue weighted by atomic mass is 127. The van der Waals surface area contributed by atoms with Crippen LogP contribution < -0.4 is 15.4 Å². The predicted octanol–water partition coefficient (Wildman–Crippen LogP) is 4.45. The van der Waals surface area contributed by atoms with Crippen molar-refractivity contribution in [2.45, 2.75) is 6.42 Å². The quantitative estimate of drug-likeness (QED) is 0.241. The number of pyridine rings is 1. The third-order valence-corrected chi connectivity index (χ3v) is 4.01. The molecule has 0 amide bonds. The molecule has 0 aliphatic rings. The second kappa shape index (κ2) is 12.4. The first kappa shape index (κ1) is 23.1. The van der Waals surface area contributed by atoms with Gasteiger partial charge in [0.05, 0.1) is 16.6 Å². The van der Waals surface area contributed by atoms with Gasteiger partial charge in [0.15, 0.2) is 11.7 Å². The maximum atomic E-state index is 6.07. The highest BCUT2D eigenvalue weighted by Crippen LogP contribution is 2.35. The maximum absolute atomic E-state index is 6.07. The number of hydrogen-bond acceptors (Lipinski definition) is 3. The molecule has 0 aliphatic carbocycles. The van der Waals surface area contributed by atoms with Gasteiger partial charge in [0, 0.05) is 36.9 Å². The lowest BCUT2D eigenvalue weighted by molar-refractivity contribution is 0.322. The molecule has 0 saturated heterocycles. The fourth-order valence-corrected chi connectivity index (χ4v) is 2.99. The zero-order valence-electron chi connectivity index (χ0n) is 14.1. The van der Waals surface area contributed by atoms with Gasteiger partial charge >= 0.3 is 0 Å². The molecule has 2 rings (SSSR count). The SMILES string of the molecule is CN=C(NCCOc1c(Cl)cc(Cl)cc1Cl)NCCc1ccccn1.I. The number of aromatic nitrogens is 1. The molecule has 2 aromatic rings. The largest absolute Gasteiger partial charge is 0.489 e. The van der Waals surface area contributed by atoms with Crippen LogP contribution >= 0.6 is 58.8 Å². The van der Waals surface area contributed by atoms with E-state index < -0.39 is 0 Å². The molecule has 9 heteroatoms. The Morgan fingerprint density at radius 2 is 1.81 bits per heavy atom. The molecule has 2 N–H and O–H groups in total. The van der Waals surface area contributed by atoms with E-state index in [0.29, 0.717) is 39.9 Å². The summed E-state index contributed by atoms with van der Waals surface area (Å²) in [5, 5.41) is 7.62. The Bertz CT molecular complexity index is 693. The Kier molecular flexibility index (Phi) is 11.0. The number of benzene rings is 1. The zero-order valence-corrected chi connectivity index (χ0v) is 18.7. The Morgan fingerprint density at radius 3 is 2.42 bits per heavy atom. The lowest BCUT2D eigenvalue weighted by atomic mass is 10.3. The number of aliphatic imine (C=N–C) groups is 1. The molecule has 142 valence electrons. The fourth-order valence-electron chi connectivity index (χ4n) is 2.06. The summed E-state index contributed by atoms with van der Waals surface area (Å²) in [5.74, 6) is 1.11. The summed E-state index contributed by atoms with van der Waals surface area (Å²) in [6, 6.07) is 9.05. The number of rotatable bonds is 7. The molecule has 0 atom stereocenters. The van der Waals surface area contributed by atoms with Crippen LogP contribution in [-0.2, 0) is 6.42 Å². The molecule has 0 aliphatic heterocycles. The highest BCUT2D eigenvalue weighted by molar-refractivity contribution is 14.0. The Balaban J connectivity index is 0.00000338. The molecule has 1 aromatic carbocycles. The lowest BCUT2D eigenvalue weighted by Gasteiger charge is -2.13. The highest BCUT2D eigenvalue weighted by Gasteiger charge is 2.09. The van der Waals surface area contributed by atoms with Crippen molar-refractivity contribution in [1.82, 2.24) is 15.6 Å². The van der Waals surface area contributed by atoms with Crippen LogP contribution in [0.15, 0.2) is 41.5 Å². The van der Waals surface area contributed by atoms with E-state index in [0.717, 1.165) is 18.7 Å². The van der Waals surface area contributed by atoms with Crippen molar-refractivity contribution in [1.29, 1.82) is 0 Å². The van der Waals surface area contributed by atoms with Crippen LogP contribution in [0.5, 0.6) is 5.75 Å². The van der Waals surface area contributed by atoms with Gasteiger partial charge in [0.2, 0.25) is 0 Å². The first-order valence-electron chi connectivity index (χ1n) is 7.72. The average molecular weight is 530 g/mol. The fraction of sp³-hybridized carbons (Fsp3) is 0.294. The predicted molar refractivity (Wildman–Crippen MR) is 120 cm³/mol. The normalized spacial score (nSPS) is 10.8. The number of halogens is 4. The third kappa shape index (κ3) is 7.73. The summed E-state index contributed by atoms with van der Waals surface area (Å²) in [7, 11) is 1.71. The van der Waals surface area contributed by atoms with Gasteiger partial charge in [-0.05, 0) is 24.3 Å². The van der Waals surface area contributed by atoms with Crippen molar-refractivity contribution in [3.8, 4) is 5.75 Å². The van der Waals surface area contributed by atoms with E-state index in [-0.39, 0.29) is 24.0 Å². The average Bonchev–Trinajstić information content (AvgIpc) is 2.59. The molecule has 0 unspecified atom stereocenters. The Labute approximate surface area is 185 Å². The lowest BCUT2D eigenvalue weighted by Crippen LogP contribution is -2.40. The van der Waals surface area contributed by atoms with Gasteiger partial charge in [0.1, 0.15) is 6.61 Å². The second-order valence-corrected chi connectivity index (χ2v) is 6.29.